The zero-order chi connectivity index (χ0) is 18.0. The Bertz CT molecular complexity index is 525. The highest BCUT2D eigenvalue weighted by Crippen LogP contribution is 2.27. The molecule has 1 aliphatic heterocycles. The second-order valence-electron chi connectivity index (χ2n) is 6.43. The van der Waals surface area contributed by atoms with Gasteiger partial charge in [-0.3, -0.25) is 4.99 Å². The Balaban J connectivity index is 0.00000338. The van der Waals surface area contributed by atoms with E-state index in [4.69, 9.17) is 4.74 Å². The molecule has 148 valence electrons. The van der Waals surface area contributed by atoms with Crippen molar-refractivity contribution in [1.82, 2.24) is 10.6 Å². The van der Waals surface area contributed by atoms with Gasteiger partial charge in [-0.15, -0.1) is 24.0 Å². The summed E-state index contributed by atoms with van der Waals surface area (Å²) in [5.74, 6) is 2.57. The molecule has 0 saturated carbocycles. The van der Waals surface area contributed by atoms with Crippen molar-refractivity contribution < 1.29 is 9.84 Å². The summed E-state index contributed by atoms with van der Waals surface area (Å²) in [5.41, 5.74) is 0.564. The van der Waals surface area contributed by atoms with Crippen molar-refractivity contribution in [3.05, 3.63) is 35.9 Å². The van der Waals surface area contributed by atoms with Crippen molar-refractivity contribution in [2.24, 2.45) is 4.99 Å². The molecular formula is C19H32IN3O2S. The Morgan fingerprint density at radius 2 is 2.12 bits per heavy atom. The van der Waals surface area contributed by atoms with Crippen molar-refractivity contribution in [2.75, 3.05) is 37.7 Å². The maximum Gasteiger partial charge on any atom is 0.191 e. The van der Waals surface area contributed by atoms with Crippen LogP contribution in [-0.2, 0) is 4.74 Å². The third-order valence-electron chi connectivity index (χ3n) is 4.21. The number of aliphatic imine (C=N–C) groups is 1. The first kappa shape index (κ1) is 23.5. The normalized spacial score (nSPS) is 21.1. The largest absolute Gasteiger partial charge is 0.387 e. The van der Waals surface area contributed by atoms with Crippen LogP contribution in [0.4, 0.5) is 0 Å². The van der Waals surface area contributed by atoms with Gasteiger partial charge in [-0.25, -0.2) is 0 Å². The van der Waals surface area contributed by atoms with Gasteiger partial charge in [0.25, 0.3) is 0 Å². The van der Waals surface area contributed by atoms with Crippen molar-refractivity contribution in [3.8, 4) is 0 Å². The molecule has 2 rings (SSSR count). The van der Waals surface area contributed by atoms with Crippen molar-refractivity contribution in [1.29, 1.82) is 0 Å². The topological polar surface area (TPSA) is 65.9 Å². The fraction of sp³-hybridized carbons (Fsp3) is 0.632. The number of nitrogens with one attached hydrogen (secondary N) is 2. The first-order chi connectivity index (χ1) is 12.1. The zero-order valence-electron chi connectivity index (χ0n) is 15.7. The Morgan fingerprint density at radius 3 is 2.77 bits per heavy atom. The van der Waals surface area contributed by atoms with E-state index in [0.29, 0.717) is 13.2 Å². The minimum absolute atomic E-state index is 0. The second kappa shape index (κ2) is 12.8. The number of aliphatic hydroxyl groups is 1. The van der Waals surface area contributed by atoms with Crippen molar-refractivity contribution in [2.45, 2.75) is 38.4 Å². The van der Waals surface area contributed by atoms with Crippen LogP contribution >= 0.6 is 35.7 Å². The van der Waals surface area contributed by atoms with Gasteiger partial charge >= 0.3 is 0 Å². The highest BCUT2D eigenvalue weighted by molar-refractivity contribution is 14.0. The monoisotopic (exact) mass is 493 g/mol. The van der Waals surface area contributed by atoms with E-state index in [2.05, 4.69) is 34.7 Å². The highest BCUT2D eigenvalue weighted by Gasteiger charge is 2.31. The molecule has 7 heteroatoms. The average Bonchev–Trinajstić information content (AvgIpc) is 3.07. The third kappa shape index (κ3) is 8.45. The number of guanidine groups is 1. The zero-order valence-corrected chi connectivity index (χ0v) is 18.9. The fourth-order valence-corrected chi connectivity index (χ4v) is 3.93. The minimum atomic E-state index is -0.638. The van der Waals surface area contributed by atoms with Gasteiger partial charge in [-0.05, 0) is 38.0 Å². The van der Waals surface area contributed by atoms with Crippen LogP contribution < -0.4 is 10.6 Å². The Morgan fingerprint density at radius 1 is 1.35 bits per heavy atom. The van der Waals surface area contributed by atoms with Crippen LogP contribution in [0.1, 0.15) is 38.4 Å². The number of halogens is 1. The quantitative estimate of drug-likeness (QED) is 0.214. The molecule has 0 bridgehead atoms. The molecule has 1 saturated heterocycles. The average molecular weight is 493 g/mol. The predicted octanol–water partition coefficient (Wildman–Crippen LogP) is 3.20. The van der Waals surface area contributed by atoms with Gasteiger partial charge in [0.15, 0.2) is 5.96 Å². The molecule has 0 radical (unpaired) electrons. The lowest BCUT2D eigenvalue weighted by molar-refractivity contribution is 0.0645. The van der Waals surface area contributed by atoms with Gasteiger partial charge in [-0.1, -0.05) is 30.3 Å². The molecule has 1 heterocycles. The van der Waals surface area contributed by atoms with Crippen LogP contribution in [-0.4, -0.2) is 54.4 Å². The summed E-state index contributed by atoms with van der Waals surface area (Å²) in [5, 5.41) is 16.9. The van der Waals surface area contributed by atoms with Crippen LogP contribution in [0.5, 0.6) is 0 Å². The number of ether oxygens (including phenoxy) is 1. The fourth-order valence-electron chi connectivity index (χ4n) is 2.65. The van der Waals surface area contributed by atoms with Gasteiger partial charge in [-0.2, -0.15) is 11.8 Å². The molecule has 2 unspecified atom stereocenters. The van der Waals surface area contributed by atoms with E-state index in [1.807, 2.05) is 25.1 Å². The molecule has 0 aliphatic carbocycles. The standard InChI is InChI=1S/C19H31N3O2S.HI/c1-3-20-18(22-14-19(23)10-13-25-15-19)21-11-7-12-24-16(2)17-8-5-4-6-9-17;/h4-6,8-9,16,23H,3,7,10-15H2,1-2H3,(H2,20,21,22);1H. The van der Waals surface area contributed by atoms with E-state index in [-0.39, 0.29) is 30.1 Å². The molecule has 5 nitrogen and oxygen atoms in total. The molecule has 2 atom stereocenters. The molecular weight excluding hydrogens is 461 g/mol. The summed E-state index contributed by atoms with van der Waals surface area (Å²) in [6.07, 6.45) is 1.84. The molecule has 0 amide bonds. The number of nitrogens with zero attached hydrogens (tertiary/aromatic N) is 1. The molecule has 1 fully saturated rings. The molecule has 3 N–H and O–H groups in total. The molecule has 0 spiro atoms. The minimum Gasteiger partial charge on any atom is -0.387 e. The van der Waals surface area contributed by atoms with Crippen molar-refractivity contribution >= 4 is 41.7 Å². The molecule has 0 aromatic heterocycles. The molecule has 1 aromatic rings. The van der Waals surface area contributed by atoms with Crippen molar-refractivity contribution in [3.63, 3.8) is 0 Å². The predicted molar refractivity (Wildman–Crippen MR) is 122 cm³/mol. The van der Waals surface area contributed by atoms with E-state index in [1.54, 1.807) is 11.8 Å². The number of rotatable bonds is 9. The maximum absolute atomic E-state index is 10.4. The number of hydrogen-bond donors (Lipinski definition) is 3. The Labute approximate surface area is 178 Å². The van der Waals surface area contributed by atoms with E-state index >= 15 is 0 Å². The second-order valence-corrected chi connectivity index (χ2v) is 7.53. The lowest BCUT2D eigenvalue weighted by atomic mass is 10.1. The van der Waals surface area contributed by atoms with Crippen LogP contribution in [0, 0.1) is 0 Å². The lowest BCUT2D eigenvalue weighted by Gasteiger charge is -2.20. The van der Waals surface area contributed by atoms with Crippen LogP contribution in [0.25, 0.3) is 0 Å². The summed E-state index contributed by atoms with van der Waals surface area (Å²) in [7, 11) is 0. The first-order valence-corrected chi connectivity index (χ1v) is 10.3. The third-order valence-corrected chi connectivity index (χ3v) is 5.44. The van der Waals surface area contributed by atoms with E-state index in [1.165, 1.54) is 5.56 Å². The maximum atomic E-state index is 10.4. The Hall–Kier alpha value is -0.510. The van der Waals surface area contributed by atoms with Crippen LogP contribution in [0.2, 0.25) is 0 Å². The van der Waals surface area contributed by atoms with E-state index < -0.39 is 5.60 Å². The summed E-state index contributed by atoms with van der Waals surface area (Å²) < 4.78 is 5.88. The SMILES string of the molecule is CCNC(=NCC1(O)CCSC1)NCCCOC(C)c1ccccc1.I. The first-order valence-electron chi connectivity index (χ1n) is 9.12. The van der Waals surface area contributed by atoms with Gasteiger partial charge in [0, 0.05) is 25.4 Å². The van der Waals surface area contributed by atoms with Gasteiger partial charge in [0.1, 0.15) is 0 Å². The lowest BCUT2D eigenvalue weighted by Crippen LogP contribution is -2.40. The highest BCUT2D eigenvalue weighted by atomic mass is 127. The molecule has 1 aliphatic rings. The summed E-state index contributed by atoms with van der Waals surface area (Å²) in [6.45, 7) is 6.87. The molecule has 1 aromatic carbocycles. The number of thioether (sulfide) groups is 1. The van der Waals surface area contributed by atoms with Crippen LogP contribution in [0.15, 0.2) is 35.3 Å². The summed E-state index contributed by atoms with van der Waals surface area (Å²) in [6, 6.07) is 10.3. The summed E-state index contributed by atoms with van der Waals surface area (Å²) >= 11 is 1.79. The van der Waals surface area contributed by atoms with E-state index in [0.717, 1.165) is 43.4 Å². The molecule has 26 heavy (non-hydrogen) atoms. The number of benzene rings is 1. The van der Waals surface area contributed by atoms with Crippen LogP contribution in [0.3, 0.4) is 0 Å². The van der Waals surface area contributed by atoms with E-state index in [9.17, 15) is 5.11 Å². The number of hydrogen-bond acceptors (Lipinski definition) is 4. The van der Waals surface area contributed by atoms with Gasteiger partial charge in [0.2, 0.25) is 0 Å². The van der Waals surface area contributed by atoms with Gasteiger partial charge < -0.3 is 20.5 Å². The summed E-state index contributed by atoms with van der Waals surface area (Å²) in [4.78, 5) is 4.54. The smallest absolute Gasteiger partial charge is 0.191 e. The Kier molecular flexibility index (Phi) is 11.6. The van der Waals surface area contributed by atoms with Gasteiger partial charge in [0.05, 0.1) is 18.2 Å².